The van der Waals surface area contributed by atoms with E-state index >= 15 is 0 Å². The van der Waals surface area contributed by atoms with Gasteiger partial charge in [-0.05, 0) is 33.9 Å². The van der Waals surface area contributed by atoms with Crippen LogP contribution in [-0.4, -0.2) is 85.7 Å². The van der Waals surface area contributed by atoms with E-state index in [0.717, 1.165) is 50.5 Å². The van der Waals surface area contributed by atoms with Gasteiger partial charge in [0.15, 0.2) is 21.3 Å². The van der Waals surface area contributed by atoms with E-state index in [1.807, 2.05) is 72.8 Å². The molecule has 3 atom stereocenters. The molecule has 12 nitrogen and oxygen atoms in total. The molecular formula is C36H33N3O9S. The van der Waals surface area contributed by atoms with Crippen molar-refractivity contribution in [2.24, 2.45) is 0 Å². The van der Waals surface area contributed by atoms with Crippen molar-refractivity contribution in [3.05, 3.63) is 107 Å². The number of nitrogens with zero attached hydrogens (tertiary/aromatic N) is 1. The summed E-state index contributed by atoms with van der Waals surface area (Å²) in [5.41, 5.74) is 5.33. The highest BCUT2D eigenvalue weighted by Gasteiger charge is 2.60. The Morgan fingerprint density at radius 1 is 0.959 bits per heavy atom. The van der Waals surface area contributed by atoms with Crippen LogP contribution in [0.4, 0.5) is 0 Å². The van der Waals surface area contributed by atoms with Crippen molar-refractivity contribution in [2.45, 2.75) is 36.8 Å². The van der Waals surface area contributed by atoms with Crippen molar-refractivity contribution >= 4 is 44.5 Å². The van der Waals surface area contributed by atoms with Crippen LogP contribution < -0.4 is 5.32 Å². The molecule has 49 heavy (non-hydrogen) atoms. The number of para-hydroxylation sites is 1. The van der Waals surface area contributed by atoms with Crippen LogP contribution in [0.2, 0.25) is 0 Å². The fourth-order valence-electron chi connectivity index (χ4n) is 7.02. The third-order valence-corrected chi connectivity index (χ3v) is 11.2. The molecule has 0 saturated carbocycles. The van der Waals surface area contributed by atoms with Gasteiger partial charge in [-0.3, -0.25) is 19.3 Å². The average molecular weight is 684 g/mol. The van der Waals surface area contributed by atoms with E-state index in [0.29, 0.717) is 0 Å². The average Bonchev–Trinajstić information content (AvgIpc) is 3.64. The van der Waals surface area contributed by atoms with Crippen LogP contribution in [0.3, 0.4) is 0 Å². The number of methoxy groups -OCH3 is 1. The Morgan fingerprint density at radius 2 is 1.61 bits per heavy atom. The molecule has 1 fully saturated rings. The summed E-state index contributed by atoms with van der Waals surface area (Å²) in [5.74, 6) is -3.92. The summed E-state index contributed by atoms with van der Waals surface area (Å²) in [7, 11) is -2.79. The van der Waals surface area contributed by atoms with Crippen LogP contribution >= 0.6 is 0 Å². The molecule has 3 aromatic carbocycles. The SMILES string of the molecule is CO[C@H]1C(=O)N2C(C(=O)N[C@@H](Cc3c[nH]c4ccccc34)C(=O)OCC3c4ccccc4-c4ccccc43)=C(COC(C)=O)CS(=O)(=O)[C@H]12. The Kier molecular flexibility index (Phi) is 8.33. The standard InChI is InChI=1S/C36H33N3O9S/c1-20(40)47-17-22-19-49(44,45)35-32(46-2)34(42)39(35)31(22)33(41)38-30(15-21-16-37-29-14-8-7-9-23(21)29)36(43)48-18-28-26-12-5-3-10-24(26)25-11-4-6-13-27(25)28/h3-14,16,28,30,32,35,37H,15,17-19H2,1-2H3,(H,38,41)/t30-,32-,35+/m0/s1. The molecule has 1 saturated heterocycles. The van der Waals surface area contributed by atoms with E-state index in [9.17, 15) is 27.6 Å². The van der Waals surface area contributed by atoms with Gasteiger partial charge in [0.25, 0.3) is 11.8 Å². The number of hydrogen-bond donors (Lipinski definition) is 2. The minimum Gasteiger partial charge on any atom is -0.463 e. The Morgan fingerprint density at radius 3 is 2.29 bits per heavy atom. The lowest BCUT2D eigenvalue weighted by Gasteiger charge is -2.48. The first-order valence-corrected chi connectivity index (χ1v) is 17.4. The van der Waals surface area contributed by atoms with Crippen LogP contribution in [0.5, 0.6) is 0 Å². The van der Waals surface area contributed by atoms with Crippen LogP contribution in [-0.2, 0) is 49.6 Å². The monoisotopic (exact) mass is 683 g/mol. The van der Waals surface area contributed by atoms with Crippen molar-refractivity contribution in [1.29, 1.82) is 0 Å². The fourth-order valence-corrected chi connectivity index (χ4v) is 9.03. The molecule has 0 unspecified atom stereocenters. The Labute approximate surface area is 281 Å². The normalized spacial score (nSPS) is 19.8. The number of carbonyl (C=O) groups excluding carboxylic acids is 4. The number of nitrogens with one attached hydrogen (secondary N) is 2. The maximum absolute atomic E-state index is 14.1. The molecule has 0 bridgehead atoms. The zero-order chi connectivity index (χ0) is 34.4. The minimum atomic E-state index is -4.00. The van der Waals surface area contributed by atoms with Gasteiger partial charge >= 0.3 is 11.9 Å². The van der Waals surface area contributed by atoms with E-state index in [-0.39, 0.29) is 30.2 Å². The predicted molar refractivity (Wildman–Crippen MR) is 177 cm³/mol. The van der Waals surface area contributed by atoms with Gasteiger partial charge in [-0.25, -0.2) is 13.2 Å². The van der Waals surface area contributed by atoms with E-state index in [4.69, 9.17) is 14.2 Å². The Balaban J connectivity index is 1.21. The third-order valence-electron chi connectivity index (χ3n) is 9.28. The highest BCUT2D eigenvalue weighted by Crippen LogP contribution is 2.44. The minimum absolute atomic E-state index is 0.00790. The number of fused-ring (bicyclic) bond motifs is 5. The fraction of sp³-hybridized carbons (Fsp3) is 0.278. The smallest absolute Gasteiger partial charge is 0.329 e. The first kappa shape index (κ1) is 32.3. The topological polar surface area (TPSA) is 161 Å². The second-order valence-corrected chi connectivity index (χ2v) is 14.3. The number of hydrogen-bond acceptors (Lipinski definition) is 9. The molecule has 2 amide bonds. The Bertz CT molecular complexity index is 2110. The predicted octanol–water partition coefficient (Wildman–Crippen LogP) is 2.98. The lowest BCUT2D eigenvalue weighted by atomic mass is 9.98. The molecule has 7 rings (SSSR count). The summed E-state index contributed by atoms with van der Waals surface area (Å²) >= 11 is 0. The van der Waals surface area contributed by atoms with Crippen LogP contribution in [0.1, 0.15) is 29.5 Å². The number of benzene rings is 3. The maximum atomic E-state index is 14.1. The van der Waals surface area contributed by atoms with Crippen LogP contribution in [0, 0.1) is 0 Å². The van der Waals surface area contributed by atoms with Crippen LogP contribution in [0.25, 0.3) is 22.0 Å². The largest absolute Gasteiger partial charge is 0.463 e. The number of amides is 2. The number of rotatable bonds is 10. The first-order valence-electron chi connectivity index (χ1n) is 15.7. The van der Waals surface area contributed by atoms with Crippen molar-refractivity contribution in [2.75, 3.05) is 26.1 Å². The number of aromatic amines is 1. The van der Waals surface area contributed by atoms with Crippen molar-refractivity contribution in [1.82, 2.24) is 15.2 Å². The van der Waals surface area contributed by atoms with E-state index in [2.05, 4.69) is 10.3 Å². The zero-order valence-corrected chi connectivity index (χ0v) is 27.5. The summed E-state index contributed by atoms with van der Waals surface area (Å²) in [6.45, 7) is 0.613. The molecule has 0 radical (unpaired) electrons. The van der Waals surface area contributed by atoms with Crippen LogP contribution in [0.15, 0.2) is 90.3 Å². The van der Waals surface area contributed by atoms with Gasteiger partial charge in [-0.15, -0.1) is 0 Å². The summed E-state index contributed by atoms with van der Waals surface area (Å²) in [4.78, 5) is 56.9. The van der Waals surface area contributed by atoms with Gasteiger partial charge in [0, 0.05) is 49.0 Å². The molecule has 2 aliphatic heterocycles. The second-order valence-electron chi connectivity index (χ2n) is 12.2. The van der Waals surface area contributed by atoms with Gasteiger partial charge in [-0.2, -0.15) is 0 Å². The number of sulfone groups is 1. The second kappa shape index (κ2) is 12.6. The highest BCUT2D eigenvalue weighted by atomic mass is 32.2. The molecule has 2 N–H and O–H groups in total. The summed E-state index contributed by atoms with van der Waals surface area (Å²) in [6.07, 6.45) is 0.472. The van der Waals surface area contributed by atoms with Crippen molar-refractivity contribution < 1.29 is 41.8 Å². The Hall–Kier alpha value is -5.27. The number of esters is 2. The van der Waals surface area contributed by atoms with E-state index < -0.39 is 63.5 Å². The van der Waals surface area contributed by atoms with Crippen molar-refractivity contribution in [3.63, 3.8) is 0 Å². The molecule has 1 aliphatic carbocycles. The number of ether oxygens (including phenoxy) is 3. The molecule has 4 aromatic rings. The quantitative estimate of drug-likeness (QED) is 0.189. The number of aromatic nitrogens is 1. The third kappa shape index (κ3) is 5.68. The summed E-state index contributed by atoms with van der Waals surface area (Å²) in [5, 5.41) is 2.13. The number of H-pyrrole nitrogens is 1. The van der Waals surface area contributed by atoms with Gasteiger partial charge in [-0.1, -0.05) is 66.7 Å². The van der Waals surface area contributed by atoms with E-state index in [1.54, 1.807) is 6.20 Å². The molecule has 0 spiro atoms. The summed E-state index contributed by atoms with van der Waals surface area (Å²) in [6, 6.07) is 22.1. The lowest BCUT2D eigenvalue weighted by Crippen LogP contribution is -2.71. The van der Waals surface area contributed by atoms with Crippen molar-refractivity contribution in [3.8, 4) is 11.1 Å². The lowest BCUT2D eigenvalue weighted by molar-refractivity contribution is -0.161. The first-order chi connectivity index (χ1) is 23.6. The molecule has 1 aromatic heterocycles. The highest BCUT2D eigenvalue weighted by molar-refractivity contribution is 7.92. The maximum Gasteiger partial charge on any atom is 0.329 e. The molecule has 252 valence electrons. The molecule has 13 heteroatoms. The molecule has 3 aliphatic rings. The van der Waals surface area contributed by atoms with Gasteiger partial charge in [0.1, 0.15) is 25.0 Å². The number of carbonyl (C=O) groups is 4. The number of β-lactam (4-membered cyclic amide) rings is 1. The molecule has 3 heterocycles. The molecular weight excluding hydrogens is 650 g/mol. The van der Waals surface area contributed by atoms with E-state index in [1.165, 1.54) is 7.11 Å². The van der Waals surface area contributed by atoms with Gasteiger partial charge < -0.3 is 24.5 Å². The van der Waals surface area contributed by atoms with Gasteiger partial charge in [0.2, 0.25) is 0 Å². The summed E-state index contributed by atoms with van der Waals surface area (Å²) < 4.78 is 42.5. The zero-order valence-electron chi connectivity index (χ0n) is 26.7. The van der Waals surface area contributed by atoms with Gasteiger partial charge in [0.05, 0.1) is 5.75 Å².